The molecule has 1 aromatic heterocycles. The van der Waals surface area contributed by atoms with E-state index < -0.39 is 0 Å². The molecular weight excluding hydrogens is 243 g/mol. The molecule has 3 N–H and O–H groups in total. The Morgan fingerprint density at radius 2 is 2.00 bits per heavy atom. The van der Waals surface area contributed by atoms with Crippen molar-refractivity contribution in [2.24, 2.45) is 5.73 Å². The Morgan fingerprint density at radius 1 is 1.32 bits per heavy atom. The number of hydrogen-bond donors (Lipinski definition) is 2. The van der Waals surface area contributed by atoms with E-state index in [1.807, 2.05) is 11.8 Å². The molecule has 1 aromatic carbocycles. The first-order valence-corrected chi connectivity index (χ1v) is 5.96. The normalized spacial score (nSPS) is 10.2. The zero-order valence-corrected chi connectivity index (χ0v) is 10.6. The summed E-state index contributed by atoms with van der Waals surface area (Å²) >= 11 is 0. The molecular formula is C14H15FN4. The molecule has 0 radical (unpaired) electrons. The topological polar surface area (TPSA) is 66.0 Å². The monoisotopic (exact) mass is 258 g/mol. The van der Waals surface area contributed by atoms with Crippen LogP contribution in [0.5, 0.6) is 0 Å². The summed E-state index contributed by atoms with van der Waals surface area (Å²) in [7, 11) is 0. The first-order chi connectivity index (χ1) is 9.13. The summed E-state index contributed by atoms with van der Waals surface area (Å²) in [6.45, 7) is 2.60. The fourth-order valence-electron chi connectivity index (χ4n) is 1.90. The highest BCUT2D eigenvalue weighted by atomic mass is 19.1. The number of pyridine rings is 1. The number of hydrogen-bond acceptors (Lipinski definition) is 3. The van der Waals surface area contributed by atoms with Crippen molar-refractivity contribution in [2.45, 2.75) is 6.92 Å². The summed E-state index contributed by atoms with van der Waals surface area (Å²) in [6.07, 6.45) is 1.65. The predicted octanol–water partition coefficient (Wildman–Crippen LogP) is 2.66. The van der Waals surface area contributed by atoms with Gasteiger partial charge in [0.05, 0.1) is 5.56 Å². The number of nitrogen functional groups attached to an aromatic ring is 1. The van der Waals surface area contributed by atoms with Gasteiger partial charge in [0.1, 0.15) is 17.5 Å². The van der Waals surface area contributed by atoms with E-state index in [9.17, 15) is 4.39 Å². The number of nitrogens with one attached hydrogen (secondary N) is 1. The molecule has 0 saturated heterocycles. The van der Waals surface area contributed by atoms with Gasteiger partial charge >= 0.3 is 0 Å². The van der Waals surface area contributed by atoms with Gasteiger partial charge in [-0.2, -0.15) is 0 Å². The molecule has 0 saturated carbocycles. The minimum absolute atomic E-state index is 0.0383. The van der Waals surface area contributed by atoms with Gasteiger partial charge in [0.25, 0.3) is 0 Å². The Morgan fingerprint density at radius 3 is 2.58 bits per heavy atom. The van der Waals surface area contributed by atoms with Crippen molar-refractivity contribution in [3.63, 3.8) is 0 Å². The van der Waals surface area contributed by atoms with Crippen LogP contribution >= 0.6 is 0 Å². The average Bonchev–Trinajstić information content (AvgIpc) is 2.42. The highest BCUT2D eigenvalue weighted by molar-refractivity contribution is 6.00. The van der Waals surface area contributed by atoms with Gasteiger partial charge < -0.3 is 10.6 Å². The summed E-state index contributed by atoms with van der Waals surface area (Å²) < 4.78 is 13.0. The lowest BCUT2D eigenvalue weighted by Gasteiger charge is -2.24. The number of nitrogens with zero attached hydrogens (tertiary/aromatic N) is 2. The van der Waals surface area contributed by atoms with Crippen LogP contribution in [0.2, 0.25) is 0 Å². The molecule has 0 unspecified atom stereocenters. The van der Waals surface area contributed by atoms with Gasteiger partial charge in [-0.15, -0.1) is 0 Å². The predicted molar refractivity (Wildman–Crippen MR) is 74.3 cm³/mol. The van der Waals surface area contributed by atoms with Crippen molar-refractivity contribution in [1.29, 1.82) is 5.41 Å². The molecule has 0 aliphatic carbocycles. The van der Waals surface area contributed by atoms with Crippen molar-refractivity contribution in [2.75, 3.05) is 11.4 Å². The van der Waals surface area contributed by atoms with E-state index in [-0.39, 0.29) is 11.7 Å². The van der Waals surface area contributed by atoms with Crippen molar-refractivity contribution in [1.82, 2.24) is 4.98 Å². The lowest BCUT2D eigenvalue weighted by molar-refractivity contribution is 0.628. The van der Waals surface area contributed by atoms with Gasteiger partial charge in [0, 0.05) is 18.4 Å². The maximum atomic E-state index is 13.0. The molecule has 19 heavy (non-hydrogen) atoms. The first-order valence-electron chi connectivity index (χ1n) is 5.96. The maximum Gasteiger partial charge on any atom is 0.143 e. The lowest BCUT2D eigenvalue weighted by atomic mass is 10.2. The van der Waals surface area contributed by atoms with Crippen LogP contribution in [-0.4, -0.2) is 17.4 Å². The standard InChI is InChI=1S/C14H15FN4/c1-2-19(11-7-5-10(15)6-8-11)14-12(13(16)17)4-3-9-18-14/h3-9H,2H2,1H3,(H3,16,17). The van der Waals surface area contributed by atoms with Crippen LogP contribution in [0.1, 0.15) is 12.5 Å². The molecule has 0 aliphatic rings. The Bertz CT molecular complexity index is 580. The Kier molecular flexibility index (Phi) is 3.75. The van der Waals surface area contributed by atoms with E-state index in [0.717, 1.165) is 5.69 Å². The molecule has 0 fully saturated rings. The van der Waals surface area contributed by atoms with Crippen molar-refractivity contribution in [3.8, 4) is 0 Å². The molecule has 98 valence electrons. The van der Waals surface area contributed by atoms with Crippen molar-refractivity contribution >= 4 is 17.3 Å². The van der Waals surface area contributed by atoms with Gasteiger partial charge in [-0.25, -0.2) is 9.37 Å². The van der Waals surface area contributed by atoms with Crippen LogP contribution in [0.25, 0.3) is 0 Å². The summed E-state index contributed by atoms with van der Waals surface area (Å²) in [5, 5.41) is 7.59. The summed E-state index contributed by atoms with van der Waals surface area (Å²) in [5.41, 5.74) is 6.94. The molecule has 2 aromatic rings. The van der Waals surface area contributed by atoms with Gasteiger partial charge in [-0.3, -0.25) is 5.41 Å². The molecule has 0 spiro atoms. The third kappa shape index (κ3) is 2.70. The number of amidine groups is 1. The molecule has 1 heterocycles. The highest BCUT2D eigenvalue weighted by Crippen LogP contribution is 2.26. The highest BCUT2D eigenvalue weighted by Gasteiger charge is 2.14. The van der Waals surface area contributed by atoms with E-state index >= 15 is 0 Å². The summed E-state index contributed by atoms with van der Waals surface area (Å²) in [6, 6.07) is 9.63. The second kappa shape index (κ2) is 5.48. The van der Waals surface area contributed by atoms with E-state index in [1.165, 1.54) is 12.1 Å². The molecule has 0 aliphatic heterocycles. The second-order valence-corrected chi connectivity index (χ2v) is 4.01. The lowest BCUT2D eigenvalue weighted by Crippen LogP contribution is -2.23. The van der Waals surface area contributed by atoms with Crippen LogP contribution < -0.4 is 10.6 Å². The van der Waals surface area contributed by atoms with E-state index in [1.54, 1.807) is 30.5 Å². The Labute approximate surface area is 111 Å². The number of nitrogens with two attached hydrogens (primary N) is 1. The van der Waals surface area contributed by atoms with Gasteiger partial charge in [0.15, 0.2) is 0 Å². The van der Waals surface area contributed by atoms with Crippen LogP contribution in [-0.2, 0) is 0 Å². The maximum absolute atomic E-state index is 13.0. The number of benzene rings is 1. The fourth-order valence-corrected chi connectivity index (χ4v) is 1.90. The zero-order chi connectivity index (χ0) is 13.8. The average molecular weight is 258 g/mol. The Hall–Kier alpha value is -2.43. The largest absolute Gasteiger partial charge is 0.384 e. The van der Waals surface area contributed by atoms with Crippen LogP contribution in [0.15, 0.2) is 42.6 Å². The number of anilines is 2. The first kappa shape index (κ1) is 13.0. The minimum Gasteiger partial charge on any atom is -0.384 e. The van der Waals surface area contributed by atoms with Gasteiger partial charge in [-0.1, -0.05) is 0 Å². The van der Waals surface area contributed by atoms with E-state index in [4.69, 9.17) is 11.1 Å². The third-order valence-corrected chi connectivity index (χ3v) is 2.79. The Balaban J connectivity index is 2.48. The SMILES string of the molecule is CCN(c1ccc(F)cc1)c1ncccc1C(=N)N. The van der Waals surface area contributed by atoms with Crippen LogP contribution in [0.4, 0.5) is 15.9 Å². The van der Waals surface area contributed by atoms with E-state index in [2.05, 4.69) is 4.98 Å². The van der Waals surface area contributed by atoms with Crippen LogP contribution in [0, 0.1) is 11.2 Å². The number of aromatic nitrogens is 1. The van der Waals surface area contributed by atoms with E-state index in [0.29, 0.717) is 17.9 Å². The molecule has 0 atom stereocenters. The smallest absolute Gasteiger partial charge is 0.143 e. The molecule has 0 amide bonds. The molecule has 5 heteroatoms. The fraction of sp³-hybridized carbons (Fsp3) is 0.143. The van der Waals surface area contributed by atoms with Gasteiger partial charge in [0.2, 0.25) is 0 Å². The molecule has 0 bridgehead atoms. The van der Waals surface area contributed by atoms with Crippen molar-refractivity contribution < 1.29 is 4.39 Å². The minimum atomic E-state index is -0.285. The second-order valence-electron chi connectivity index (χ2n) is 4.01. The number of rotatable bonds is 4. The number of halogens is 1. The summed E-state index contributed by atoms with van der Waals surface area (Å²) in [4.78, 5) is 6.17. The van der Waals surface area contributed by atoms with Gasteiger partial charge in [-0.05, 0) is 43.3 Å². The molecule has 2 rings (SSSR count). The quantitative estimate of drug-likeness (QED) is 0.654. The summed E-state index contributed by atoms with van der Waals surface area (Å²) in [5.74, 6) is 0.278. The zero-order valence-electron chi connectivity index (χ0n) is 10.6. The van der Waals surface area contributed by atoms with Crippen molar-refractivity contribution in [3.05, 3.63) is 54.0 Å². The van der Waals surface area contributed by atoms with Crippen LogP contribution in [0.3, 0.4) is 0 Å². The molecule has 4 nitrogen and oxygen atoms in total. The third-order valence-electron chi connectivity index (χ3n) is 2.79.